The number of aliphatic hydroxyl groups excluding tert-OH is 1. The number of ether oxygens (including phenoxy) is 1. The molecular weight excluding hydrogens is 392 g/mol. The average Bonchev–Trinajstić information content (AvgIpc) is 2.78. The number of nitrogens with zero attached hydrogens (tertiary/aromatic N) is 2. The number of hydrogen-bond acceptors (Lipinski definition) is 5. The molecule has 1 atom stereocenters. The van der Waals surface area contributed by atoms with Crippen molar-refractivity contribution < 1.29 is 9.84 Å². The minimum absolute atomic E-state index is 0.366. The van der Waals surface area contributed by atoms with Crippen LogP contribution in [0.2, 0.25) is 0 Å². The topological polar surface area (TPSA) is 35.9 Å². The van der Waals surface area contributed by atoms with Crippen molar-refractivity contribution in [1.82, 2.24) is 9.80 Å². The summed E-state index contributed by atoms with van der Waals surface area (Å²) in [6.07, 6.45) is 3.03. The summed E-state index contributed by atoms with van der Waals surface area (Å²) < 4.78 is 6.02. The molecule has 2 aliphatic heterocycles. The number of hydrogen-bond donors (Lipinski definition) is 1. The van der Waals surface area contributed by atoms with Gasteiger partial charge in [-0.3, -0.25) is 4.90 Å². The fraction of sp³-hybridized carbons (Fsp3) is 0.520. The van der Waals surface area contributed by atoms with Crippen molar-refractivity contribution in [3.63, 3.8) is 0 Å². The lowest BCUT2D eigenvalue weighted by molar-refractivity contribution is 0.0456. The van der Waals surface area contributed by atoms with E-state index in [0.29, 0.717) is 13.2 Å². The van der Waals surface area contributed by atoms with Crippen molar-refractivity contribution in [3.05, 3.63) is 59.2 Å². The maximum Gasteiger partial charge on any atom is 0.133 e. The molecular formula is C25H34N2O2S. The van der Waals surface area contributed by atoms with E-state index < -0.39 is 6.10 Å². The van der Waals surface area contributed by atoms with Gasteiger partial charge in [-0.25, -0.2) is 0 Å². The number of benzene rings is 2. The Hall–Kier alpha value is -1.53. The summed E-state index contributed by atoms with van der Waals surface area (Å²) in [6, 6.07) is 15.0. The molecule has 4 rings (SSSR count). The maximum atomic E-state index is 10.5. The van der Waals surface area contributed by atoms with E-state index in [1.54, 1.807) is 0 Å². The third kappa shape index (κ3) is 5.79. The summed E-state index contributed by atoms with van der Waals surface area (Å²) in [5.41, 5.74) is 4.23. The molecule has 0 aromatic heterocycles. The van der Waals surface area contributed by atoms with Crippen LogP contribution in [0.15, 0.2) is 47.4 Å². The number of aliphatic hydroxyl groups is 1. The molecule has 4 nitrogen and oxygen atoms in total. The third-order valence-corrected chi connectivity index (χ3v) is 7.47. The van der Waals surface area contributed by atoms with Gasteiger partial charge in [0.05, 0.1) is 4.90 Å². The van der Waals surface area contributed by atoms with Crippen molar-refractivity contribution in [2.45, 2.75) is 37.2 Å². The van der Waals surface area contributed by atoms with Crippen molar-refractivity contribution >= 4 is 11.8 Å². The predicted molar refractivity (Wildman–Crippen MR) is 125 cm³/mol. The fourth-order valence-electron chi connectivity index (χ4n) is 4.37. The zero-order chi connectivity index (χ0) is 20.8. The molecule has 0 spiro atoms. The lowest BCUT2D eigenvalue weighted by Gasteiger charge is -2.35. The number of aryl methyl sites for hydroxylation is 2. The van der Waals surface area contributed by atoms with Gasteiger partial charge in [-0.1, -0.05) is 36.4 Å². The monoisotopic (exact) mass is 426 g/mol. The van der Waals surface area contributed by atoms with Crippen LogP contribution >= 0.6 is 11.8 Å². The van der Waals surface area contributed by atoms with Crippen molar-refractivity contribution in [3.8, 4) is 5.75 Å². The number of rotatable bonds is 8. The molecule has 2 aliphatic rings. The van der Waals surface area contributed by atoms with Gasteiger partial charge in [0.25, 0.3) is 0 Å². The molecule has 0 radical (unpaired) electrons. The Morgan fingerprint density at radius 2 is 1.83 bits per heavy atom. The number of thioether (sulfide) groups is 1. The third-order valence-electron chi connectivity index (χ3n) is 6.22. The Morgan fingerprint density at radius 3 is 2.67 bits per heavy atom. The normalized spacial score (nSPS) is 18.7. The van der Waals surface area contributed by atoms with Crippen LogP contribution < -0.4 is 4.74 Å². The number of fused-ring (bicyclic) bond motifs is 1. The minimum Gasteiger partial charge on any atom is -0.490 e. The molecule has 2 aromatic carbocycles. The number of piperazine rings is 1. The van der Waals surface area contributed by atoms with Crippen LogP contribution in [0.4, 0.5) is 0 Å². The largest absolute Gasteiger partial charge is 0.490 e. The average molecular weight is 427 g/mol. The van der Waals surface area contributed by atoms with Gasteiger partial charge in [0, 0.05) is 39.3 Å². The highest BCUT2D eigenvalue weighted by atomic mass is 32.2. The van der Waals surface area contributed by atoms with E-state index in [2.05, 4.69) is 53.1 Å². The molecule has 2 aromatic rings. The summed E-state index contributed by atoms with van der Waals surface area (Å²) in [5.74, 6) is 2.10. The zero-order valence-electron chi connectivity index (χ0n) is 18.1. The van der Waals surface area contributed by atoms with E-state index in [-0.39, 0.29) is 0 Å². The molecule has 1 unspecified atom stereocenters. The molecule has 1 N–H and O–H groups in total. The molecule has 0 amide bonds. The predicted octanol–water partition coefficient (Wildman–Crippen LogP) is 3.63. The number of β-amino-alcohol motifs (C(OH)–C–C–N with tert-alkyl or cyclic N) is 1. The van der Waals surface area contributed by atoms with Crippen molar-refractivity contribution in [1.29, 1.82) is 0 Å². The van der Waals surface area contributed by atoms with Gasteiger partial charge in [0.15, 0.2) is 0 Å². The van der Waals surface area contributed by atoms with Gasteiger partial charge < -0.3 is 14.7 Å². The molecule has 1 saturated heterocycles. The van der Waals surface area contributed by atoms with Crippen molar-refractivity contribution in [2.24, 2.45) is 0 Å². The van der Waals surface area contributed by atoms with Crippen LogP contribution in [0.25, 0.3) is 0 Å². The second-order valence-corrected chi connectivity index (χ2v) is 9.59. The van der Waals surface area contributed by atoms with Crippen molar-refractivity contribution in [2.75, 3.05) is 51.6 Å². The molecule has 162 valence electrons. The maximum absolute atomic E-state index is 10.5. The minimum atomic E-state index is -0.451. The summed E-state index contributed by atoms with van der Waals surface area (Å²) in [7, 11) is 0. The first-order chi connectivity index (χ1) is 14.7. The van der Waals surface area contributed by atoms with Crippen LogP contribution in [0.1, 0.15) is 23.1 Å². The first kappa shape index (κ1) is 21.7. The standard InChI is InChI=1S/C25H34N2O2S/c1-20-6-2-3-7-21(20)11-12-26-13-15-27(16-14-26)18-23(28)19-29-24-10-4-8-22-9-5-17-30-25(22)24/h2-4,6-8,10,23,28H,5,9,11-19H2,1H3. The Bertz CT molecular complexity index is 821. The second kappa shape index (κ2) is 10.7. The van der Waals surface area contributed by atoms with E-state index in [4.69, 9.17) is 4.74 Å². The molecule has 2 heterocycles. The van der Waals surface area contributed by atoms with Crippen LogP contribution in [0.3, 0.4) is 0 Å². The van der Waals surface area contributed by atoms with Crippen LogP contribution in [0, 0.1) is 6.92 Å². The van der Waals surface area contributed by atoms with E-state index in [0.717, 1.165) is 57.1 Å². The SMILES string of the molecule is Cc1ccccc1CCN1CCN(CC(O)COc2cccc3c2SCCC3)CC1. The lowest BCUT2D eigenvalue weighted by Crippen LogP contribution is -2.49. The molecule has 0 aliphatic carbocycles. The quantitative estimate of drug-likeness (QED) is 0.697. The van der Waals surface area contributed by atoms with E-state index in [1.807, 2.05) is 17.8 Å². The van der Waals surface area contributed by atoms with Gasteiger partial charge in [0.1, 0.15) is 18.5 Å². The van der Waals surface area contributed by atoms with Crippen LogP contribution in [-0.2, 0) is 12.8 Å². The van der Waals surface area contributed by atoms with Gasteiger partial charge in [-0.2, -0.15) is 0 Å². The Balaban J connectivity index is 1.18. The Kier molecular flexibility index (Phi) is 7.72. The molecule has 0 saturated carbocycles. The molecule has 0 bridgehead atoms. The zero-order valence-corrected chi connectivity index (χ0v) is 18.9. The highest BCUT2D eigenvalue weighted by molar-refractivity contribution is 7.99. The van der Waals surface area contributed by atoms with E-state index in [1.165, 1.54) is 28.0 Å². The smallest absolute Gasteiger partial charge is 0.133 e. The van der Waals surface area contributed by atoms with Gasteiger partial charge in [-0.05, 0) is 54.7 Å². The fourth-order valence-corrected chi connectivity index (χ4v) is 5.49. The van der Waals surface area contributed by atoms with Gasteiger partial charge in [0.2, 0.25) is 0 Å². The highest BCUT2D eigenvalue weighted by Gasteiger charge is 2.20. The summed E-state index contributed by atoms with van der Waals surface area (Å²) >= 11 is 1.88. The van der Waals surface area contributed by atoms with E-state index >= 15 is 0 Å². The lowest BCUT2D eigenvalue weighted by atomic mass is 10.1. The molecule has 30 heavy (non-hydrogen) atoms. The Labute approximate surface area is 185 Å². The summed E-state index contributed by atoms with van der Waals surface area (Å²) in [5, 5.41) is 10.5. The summed E-state index contributed by atoms with van der Waals surface area (Å²) in [4.78, 5) is 6.19. The van der Waals surface area contributed by atoms with Crippen LogP contribution in [0.5, 0.6) is 5.75 Å². The van der Waals surface area contributed by atoms with Gasteiger partial charge in [-0.15, -0.1) is 11.8 Å². The van der Waals surface area contributed by atoms with E-state index in [9.17, 15) is 5.11 Å². The summed E-state index contributed by atoms with van der Waals surface area (Å²) in [6.45, 7) is 8.54. The molecule has 1 fully saturated rings. The highest BCUT2D eigenvalue weighted by Crippen LogP contribution is 2.37. The first-order valence-electron chi connectivity index (χ1n) is 11.2. The Morgan fingerprint density at radius 1 is 1.03 bits per heavy atom. The van der Waals surface area contributed by atoms with Crippen LogP contribution in [-0.4, -0.2) is 72.6 Å². The second-order valence-electron chi connectivity index (χ2n) is 8.48. The van der Waals surface area contributed by atoms with Gasteiger partial charge >= 0.3 is 0 Å². The first-order valence-corrected chi connectivity index (χ1v) is 12.2. The molecule has 5 heteroatoms.